The number of carbonyl (C=O) groups is 1. The number of amides is 1. The Balaban J connectivity index is 1.90. The van der Waals surface area contributed by atoms with Crippen molar-refractivity contribution in [1.29, 1.82) is 0 Å². The van der Waals surface area contributed by atoms with E-state index in [0.29, 0.717) is 23.3 Å². The predicted molar refractivity (Wildman–Crippen MR) is 69.0 cm³/mol. The molecule has 0 aromatic heterocycles. The minimum absolute atomic E-state index is 0.0674. The fraction of sp³-hybridized carbons (Fsp3) is 0.417. The fourth-order valence-electron chi connectivity index (χ4n) is 1.73. The smallest absolute Gasteiger partial charge is 0.260 e. The average molecular weight is 317 g/mol. The van der Waals surface area contributed by atoms with Gasteiger partial charge in [-0.1, -0.05) is 0 Å². The third-order valence-corrected chi connectivity index (χ3v) is 3.37. The number of halogens is 2. The number of carbonyl (C=O) groups excluding carboxylic acids is 1. The first kappa shape index (κ1) is 13.3. The van der Waals surface area contributed by atoms with E-state index in [4.69, 9.17) is 4.74 Å². The molecule has 1 saturated heterocycles. The molecule has 0 bridgehead atoms. The molecule has 0 radical (unpaired) electrons. The molecule has 1 amide bonds. The Bertz CT molecular complexity index is 436. The Hall–Kier alpha value is -1.14. The molecule has 18 heavy (non-hydrogen) atoms. The van der Waals surface area contributed by atoms with Crippen LogP contribution in [0, 0.1) is 5.82 Å². The van der Waals surface area contributed by atoms with E-state index in [-0.39, 0.29) is 18.3 Å². The minimum Gasteiger partial charge on any atom is -0.482 e. The van der Waals surface area contributed by atoms with Crippen LogP contribution in [0.25, 0.3) is 0 Å². The van der Waals surface area contributed by atoms with Crippen LogP contribution in [0.3, 0.4) is 0 Å². The van der Waals surface area contributed by atoms with Crippen molar-refractivity contribution in [2.45, 2.75) is 0 Å². The highest BCUT2D eigenvalue weighted by molar-refractivity contribution is 9.10. The number of ether oxygens (including phenoxy) is 1. The summed E-state index contributed by atoms with van der Waals surface area (Å²) in [5, 5.41) is 3.17. The monoisotopic (exact) mass is 316 g/mol. The van der Waals surface area contributed by atoms with Crippen LogP contribution in [-0.4, -0.2) is 43.6 Å². The molecule has 0 atom stereocenters. The number of nitrogens with zero attached hydrogens (tertiary/aromatic N) is 1. The molecule has 0 spiro atoms. The lowest BCUT2D eigenvalue weighted by atomic mass is 10.3. The van der Waals surface area contributed by atoms with Crippen LogP contribution in [0.4, 0.5) is 4.39 Å². The zero-order valence-electron chi connectivity index (χ0n) is 9.79. The van der Waals surface area contributed by atoms with E-state index in [9.17, 15) is 9.18 Å². The zero-order chi connectivity index (χ0) is 13.0. The van der Waals surface area contributed by atoms with Crippen molar-refractivity contribution in [2.24, 2.45) is 0 Å². The number of nitrogens with one attached hydrogen (secondary N) is 1. The van der Waals surface area contributed by atoms with Gasteiger partial charge in [0, 0.05) is 32.2 Å². The number of piperazine rings is 1. The third kappa shape index (κ3) is 3.43. The lowest BCUT2D eigenvalue weighted by molar-refractivity contribution is -0.133. The molecule has 1 aromatic rings. The van der Waals surface area contributed by atoms with Crippen LogP contribution < -0.4 is 10.1 Å². The molecule has 1 fully saturated rings. The second-order valence-corrected chi connectivity index (χ2v) is 4.85. The van der Waals surface area contributed by atoms with Gasteiger partial charge >= 0.3 is 0 Å². The first-order chi connectivity index (χ1) is 8.66. The van der Waals surface area contributed by atoms with Gasteiger partial charge in [-0.15, -0.1) is 0 Å². The highest BCUT2D eigenvalue weighted by Crippen LogP contribution is 2.25. The molecule has 0 saturated carbocycles. The van der Waals surface area contributed by atoms with Gasteiger partial charge in [-0.25, -0.2) is 4.39 Å². The second-order valence-electron chi connectivity index (χ2n) is 3.99. The molecular formula is C12H14BrFN2O2. The highest BCUT2D eigenvalue weighted by atomic mass is 79.9. The van der Waals surface area contributed by atoms with Gasteiger partial charge in [-0.2, -0.15) is 0 Å². The summed E-state index contributed by atoms with van der Waals surface area (Å²) in [6.07, 6.45) is 0. The Labute approximate surface area is 113 Å². The minimum atomic E-state index is -0.386. The van der Waals surface area contributed by atoms with E-state index in [1.54, 1.807) is 11.0 Å². The van der Waals surface area contributed by atoms with Gasteiger partial charge in [0.05, 0.1) is 4.47 Å². The SMILES string of the molecule is O=C(COc1cc(F)ccc1Br)N1CCNCC1. The molecule has 1 aliphatic rings. The van der Waals surface area contributed by atoms with Gasteiger partial charge in [-0.05, 0) is 28.1 Å². The first-order valence-electron chi connectivity index (χ1n) is 5.73. The summed E-state index contributed by atoms with van der Waals surface area (Å²) in [7, 11) is 0. The van der Waals surface area contributed by atoms with Crippen molar-refractivity contribution in [1.82, 2.24) is 10.2 Å². The van der Waals surface area contributed by atoms with E-state index in [2.05, 4.69) is 21.2 Å². The van der Waals surface area contributed by atoms with Crippen LogP contribution in [0.1, 0.15) is 0 Å². The van der Waals surface area contributed by atoms with Crippen molar-refractivity contribution in [3.05, 3.63) is 28.5 Å². The van der Waals surface area contributed by atoms with E-state index in [1.807, 2.05) is 0 Å². The summed E-state index contributed by atoms with van der Waals surface area (Å²) in [6.45, 7) is 2.91. The van der Waals surface area contributed by atoms with Crippen LogP contribution >= 0.6 is 15.9 Å². The van der Waals surface area contributed by atoms with Gasteiger partial charge in [0.2, 0.25) is 0 Å². The van der Waals surface area contributed by atoms with Crippen molar-refractivity contribution in [3.8, 4) is 5.75 Å². The zero-order valence-corrected chi connectivity index (χ0v) is 11.4. The van der Waals surface area contributed by atoms with Crippen LogP contribution in [0.5, 0.6) is 5.75 Å². The van der Waals surface area contributed by atoms with Gasteiger partial charge < -0.3 is 15.0 Å². The lowest BCUT2D eigenvalue weighted by Gasteiger charge is -2.27. The summed E-state index contributed by atoms with van der Waals surface area (Å²) in [5.74, 6) is -0.117. The quantitative estimate of drug-likeness (QED) is 0.916. The predicted octanol–water partition coefficient (Wildman–Crippen LogP) is 1.40. The van der Waals surface area contributed by atoms with Crippen LogP contribution in [-0.2, 0) is 4.79 Å². The van der Waals surface area contributed by atoms with Crippen molar-refractivity contribution in [2.75, 3.05) is 32.8 Å². The Kier molecular flexibility index (Phi) is 4.54. The Morgan fingerprint density at radius 2 is 2.17 bits per heavy atom. The molecule has 2 rings (SSSR count). The lowest BCUT2D eigenvalue weighted by Crippen LogP contribution is -2.47. The van der Waals surface area contributed by atoms with Crippen LogP contribution in [0.2, 0.25) is 0 Å². The van der Waals surface area contributed by atoms with Gasteiger partial charge in [0.25, 0.3) is 5.91 Å². The van der Waals surface area contributed by atoms with E-state index < -0.39 is 0 Å². The van der Waals surface area contributed by atoms with Gasteiger partial charge in [-0.3, -0.25) is 4.79 Å². The van der Waals surface area contributed by atoms with Crippen molar-refractivity contribution >= 4 is 21.8 Å². The van der Waals surface area contributed by atoms with Crippen molar-refractivity contribution in [3.63, 3.8) is 0 Å². The molecular weight excluding hydrogens is 303 g/mol. The number of hydrogen-bond donors (Lipinski definition) is 1. The van der Waals surface area contributed by atoms with E-state index in [0.717, 1.165) is 13.1 Å². The third-order valence-electron chi connectivity index (χ3n) is 2.71. The number of benzene rings is 1. The van der Waals surface area contributed by atoms with Gasteiger partial charge in [0.1, 0.15) is 11.6 Å². The molecule has 1 aliphatic heterocycles. The largest absolute Gasteiger partial charge is 0.482 e. The maximum Gasteiger partial charge on any atom is 0.260 e. The molecule has 0 unspecified atom stereocenters. The standard InChI is InChI=1S/C12H14BrFN2O2/c13-10-2-1-9(14)7-11(10)18-8-12(17)16-5-3-15-4-6-16/h1-2,7,15H,3-6,8H2. The maximum atomic E-state index is 13.0. The Morgan fingerprint density at radius 3 is 2.89 bits per heavy atom. The normalized spacial score (nSPS) is 15.6. The summed E-state index contributed by atoms with van der Waals surface area (Å²) < 4.78 is 19.0. The summed E-state index contributed by atoms with van der Waals surface area (Å²) in [6, 6.07) is 4.14. The topological polar surface area (TPSA) is 41.6 Å². The van der Waals surface area contributed by atoms with E-state index >= 15 is 0 Å². The molecule has 98 valence electrons. The molecule has 6 heteroatoms. The van der Waals surface area contributed by atoms with Crippen molar-refractivity contribution < 1.29 is 13.9 Å². The Morgan fingerprint density at radius 1 is 1.44 bits per heavy atom. The average Bonchev–Trinajstić information content (AvgIpc) is 2.40. The van der Waals surface area contributed by atoms with Gasteiger partial charge in [0.15, 0.2) is 6.61 Å². The molecule has 1 N–H and O–H groups in total. The first-order valence-corrected chi connectivity index (χ1v) is 6.52. The van der Waals surface area contributed by atoms with E-state index in [1.165, 1.54) is 12.1 Å². The number of hydrogen-bond acceptors (Lipinski definition) is 3. The molecule has 4 nitrogen and oxygen atoms in total. The summed E-state index contributed by atoms with van der Waals surface area (Å²) in [5.41, 5.74) is 0. The van der Waals surface area contributed by atoms with Crippen LogP contribution in [0.15, 0.2) is 22.7 Å². The molecule has 1 heterocycles. The summed E-state index contributed by atoms with van der Waals surface area (Å²) in [4.78, 5) is 13.6. The maximum absolute atomic E-state index is 13.0. The second kappa shape index (κ2) is 6.15. The summed E-state index contributed by atoms with van der Waals surface area (Å²) >= 11 is 3.25. The number of rotatable bonds is 3. The molecule has 0 aliphatic carbocycles. The highest BCUT2D eigenvalue weighted by Gasteiger charge is 2.17. The fourth-order valence-corrected chi connectivity index (χ4v) is 2.09. The molecule has 1 aromatic carbocycles.